The zero-order valence-corrected chi connectivity index (χ0v) is 7.86. The topological polar surface area (TPSA) is 62.7 Å². The maximum atomic E-state index is 8.63. The van der Waals surface area contributed by atoms with Crippen LogP contribution in [0.4, 0.5) is 0 Å². The van der Waals surface area contributed by atoms with E-state index in [1.54, 1.807) is 12.3 Å². The molecule has 0 saturated heterocycles. The summed E-state index contributed by atoms with van der Waals surface area (Å²) < 4.78 is 0. The summed E-state index contributed by atoms with van der Waals surface area (Å²) in [6.45, 7) is 4.11. The molecule has 3 heteroatoms. The lowest BCUT2D eigenvalue weighted by Crippen LogP contribution is -2.16. The van der Waals surface area contributed by atoms with Gasteiger partial charge >= 0.3 is 0 Å². The molecule has 1 unspecified atom stereocenters. The lowest BCUT2D eigenvalue weighted by atomic mass is 9.97. The van der Waals surface area contributed by atoms with Gasteiger partial charge in [0, 0.05) is 12.2 Å². The molecule has 1 atom stereocenters. The minimum atomic E-state index is -0.0184. The zero-order chi connectivity index (χ0) is 9.84. The molecule has 0 aliphatic carbocycles. The van der Waals surface area contributed by atoms with Gasteiger partial charge in [0.1, 0.15) is 11.8 Å². The lowest BCUT2D eigenvalue weighted by molar-refractivity contribution is 0.514. The third kappa shape index (κ3) is 2.27. The predicted molar refractivity (Wildman–Crippen MR) is 50.7 cm³/mol. The van der Waals surface area contributed by atoms with Gasteiger partial charge in [0.05, 0.1) is 0 Å². The van der Waals surface area contributed by atoms with Crippen molar-refractivity contribution in [2.24, 2.45) is 11.7 Å². The fourth-order valence-corrected chi connectivity index (χ4v) is 1.10. The van der Waals surface area contributed by atoms with Crippen LogP contribution in [0.15, 0.2) is 18.3 Å². The van der Waals surface area contributed by atoms with Gasteiger partial charge in [0.15, 0.2) is 0 Å². The van der Waals surface area contributed by atoms with E-state index in [2.05, 4.69) is 18.8 Å². The molecule has 0 aliphatic heterocycles. The Morgan fingerprint density at radius 1 is 1.54 bits per heavy atom. The fraction of sp³-hybridized carbons (Fsp3) is 0.400. The average molecular weight is 175 g/mol. The summed E-state index contributed by atoms with van der Waals surface area (Å²) in [5.74, 6) is 0.369. The highest BCUT2D eigenvalue weighted by molar-refractivity contribution is 5.27. The molecule has 13 heavy (non-hydrogen) atoms. The van der Waals surface area contributed by atoms with E-state index in [-0.39, 0.29) is 6.04 Å². The number of nitrogens with zero attached hydrogens (tertiary/aromatic N) is 2. The number of rotatable bonds is 2. The van der Waals surface area contributed by atoms with Crippen molar-refractivity contribution < 1.29 is 0 Å². The molecule has 0 fully saturated rings. The van der Waals surface area contributed by atoms with Crippen molar-refractivity contribution in [1.82, 2.24) is 4.98 Å². The first-order valence-corrected chi connectivity index (χ1v) is 4.26. The second kappa shape index (κ2) is 4.01. The van der Waals surface area contributed by atoms with Gasteiger partial charge in [-0.25, -0.2) is 4.98 Å². The molecule has 1 rings (SSSR count). The molecular formula is C10H13N3. The minimum Gasteiger partial charge on any atom is -0.324 e. The quantitative estimate of drug-likeness (QED) is 0.742. The van der Waals surface area contributed by atoms with E-state index in [9.17, 15) is 0 Å². The summed E-state index contributed by atoms with van der Waals surface area (Å²) in [4.78, 5) is 3.88. The minimum absolute atomic E-state index is 0.0184. The maximum absolute atomic E-state index is 8.63. The molecular weight excluding hydrogens is 162 g/mol. The van der Waals surface area contributed by atoms with E-state index in [0.717, 1.165) is 5.56 Å². The van der Waals surface area contributed by atoms with Crippen LogP contribution in [0.2, 0.25) is 0 Å². The number of hydrogen-bond donors (Lipinski definition) is 1. The zero-order valence-electron chi connectivity index (χ0n) is 7.86. The Balaban J connectivity index is 2.96. The first kappa shape index (κ1) is 9.69. The smallest absolute Gasteiger partial charge is 0.140 e. The highest BCUT2D eigenvalue weighted by Gasteiger charge is 2.10. The standard InChI is InChI=1S/C10H13N3/c1-7(2)10(12)8-3-4-13-9(5-8)6-11/h3-5,7,10H,12H2,1-2H3. The lowest BCUT2D eigenvalue weighted by Gasteiger charge is -2.15. The average Bonchev–Trinajstić information content (AvgIpc) is 2.16. The fourth-order valence-electron chi connectivity index (χ4n) is 1.10. The van der Waals surface area contributed by atoms with Crippen LogP contribution in [0.3, 0.4) is 0 Å². The highest BCUT2D eigenvalue weighted by atomic mass is 14.7. The van der Waals surface area contributed by atoms with Crippen molar-refractivity contribution in [2.45, 2.75) is 19.9 Å². The molecule has 0 bridgehead atoms. The van der Waals surface area contributed by atoms with Crippen LogP contribution in [0.25, 0.3) is 0 Å². The summed E-state index contributed by atoms with van der Waals surface area (Å²) in [6, 6.07) is 5.57. The molecule has 1 heterocycles. The van der Waals surface area contributed by atoms with Crippen molar-refractivity contribution in [1.29, 1.82) is 5.26 Å². The number of hydrogen-bond acceptors (Lipinski definition) is 3. The van der Waals surface area contributed by atoms with Gasteiger partial charge in [0.25, 0.3) is 0 Å². The predicted octanol–water partition coefficient (Wildman–Crippen LogP) is 1.61. The monoisotopic (exact) mass is 175 g/mol. The Hall–Kier alpha value is -1.40. The van der Waals surface area contributed by atoms with Gasteiger partial charge in [-0.2, -0.15) is 5.26 Å². The summed E-state index contributed by atoms with van der Waals surface area (Å²) >= 11 is 0. The number of aromatic nitrogens is 1. The van der Waals surface area contributed by atoms with Crippen LogP contribution >= 0.6 is 0 Å². The van der Waals surface area contributed by atoms with Crippen LogP contribution in [0, 0.1) is 17.2 Å². The van der Waals surface area contributed by atoms with E-state index < -0.39 is 0 Å². The molecule has 1 aromatic heterocycles. The van der Waals surface area contributed by atoms with Crippen molar-refractivity contribution in [2.75, 3.05) is 0 Å². The van der Waals surface area contributed by atoms with Gasteiger partial charge < -0.3 is 5.73 Å². The van der Waals surface area contributed by atoms with E-state index in [1.807, 2.05) is 12.1 Å². The number of nitrogens with two attached hydrogens (primary N) is 1. The Morgan fingerprint density at radius 3 is 2.77 bits per heavy atom. The van der Waals surface area contributed by atoms with E-state index >= 15 is 0 Å². The number of nitriles is 1. The van der Waals surface area contributed by atoms with Gasteiger partial charge in [-0.1, -0.05) is 13.8 Å². The SMILES string of the molecule is CC(C)C(N)c1ccnc(C#N)c1. The van der Waals surface area contributed by atoms with E-state index in [1.165, 1.54) is 0 Å². The molecule has 1 aromatic rings. The first-order chi connectivity index (χ1) is 6.15. The molecule has 0 radical (unpaired) electrons. The second-order valence-electron chi connectivity index (χ2n) is 3.36. The van der Waals surface area contributed by atoms with Gasteiger partial charge in [-0.3, -0.25) is 0 Å². The van der Waals surface area contributed by atoms with Crippen LogP contribution in [-0.4, -0.2) is 4.98 Å². The van der Waals surface area contributed by atoms with E-state index in [4.69, 9.17) is 11.0 Å². The van der Waals surface area contributed by atoms with Crippen molar-refractivity contribution in [3.63, 3.8) is 0 Å². The van der Waals surface area contributed by atoms with Gasteiger partial charge in [0.2, 0.25) is 0 Å². The molecule has 3 nitrogen and oxygen atoms in total. The van der Waals surface area contributed by atoms with Crippen LogP contribution in [0.1, 0.15) is 31.1 Å². The first-order valence-electron chi connectivity index (χ1n) is 4.26. The Bertz CT molecular complexity index is 325. The van der Waals surface area contributed by atoms with Gasteiger partial charge in [-0.05, 0) is 23.6 Å². The third-order valence-corrected chi connectivity index (χ3v) is 2.00. The molecule has 68 valence electrons. The molecule has 0 aliphatic rings. The van der Waals surface area contributed by atoms with Gasteiger partial charge in [-0.15, -0.1) is 0 Å². The molecule has 2 N–H and O–H groups in total. The number of pyridine rings is 1. The summed E-state index contributed by atoms with van der Waals surface area (Å²) in [7, 11) is 0. The van der Waals surface area contributed by atoms with Crippen LogP contribution in [-0.2, 0) is 0 Å². The Labute approximate surface area is 78.2 Å². The van der Waals surface area contributed by atoms with Crippen LogP contribution in [0.5, 0.6) is 0 Å². The summed E-state index contributed by atoms with van der Waals surface area (Å²) in [5.41, 5.74) is 7.32. The molecule has 0 spiro atoms. The third-order valence-electron chi connectivity index (χ3n) is 2.00. The van der Waals surface area contributed by atoms with Crippen molar-refractivity contribution in [3.05, 3.63) is 29.6 Å². The normalized spacial score (nSPS) is 12.5. The highest BCUT2D eigenvalue weighted by Crippen LogP contribution is 2.18. The Morgan fingerprint density at radius 2 is 2.23 bits per heavy atom. The molecule has 0 amide bonds. The van der Waals surface area contributed by atoms with E-state index in [0.29, 0.717) is 11.6 Å². The van der Waals surface area contributed by atoms with Crippen molar-refractivity contribution >= 4 is 0 Å². The maximum Gasteiger partial charge on any atom is 0.140 e. The molecule has 0 saturated carbocycles. The van der Waals surface area contributed by atoms with Crippen LogP contribution < -0.4 is 5.73 Å². The second-order valence-corrected chi connectivity index (χ2v) is 3.36. The molecule has 0 aromatic carbocycles. The largest absolute Gasteiger partial charge is 0.324 e. The summed E-state index contributed by atoms with van der Waals surface area (Å²) in [6.07, 6.45) is 1.62. The Kier molecular flexibility index (Phi) is 2.99. The van der Waals surface area contributed by atoms with Crippen molar-refractivity contribution in [3.8, 4) is 6.07 Å². The summed E-state index contributed by atoms with van der Waals surface area (Å²) in [5, 5.41) is 8.63.